The summed E-state index contributed by atoms with van der Waals surface area (Å²) in [5.41, 5.74) is 0. The third-order valence-corrected chi connectivity index (χ3v) is 1.20. The number of aromatic nitrogens is 2. The van der Waals surface area contributed by atoms with Gasteiger partial charge in [-0.25, -0.2) is 0 Å². The van der Waals surface area contributed by atoms with Crippen LogP contribution < -0.4 is 5.32 Å². The van der Waals surface area contributed by atoms with E-state index >= 15 is 0 Å². The first-order valence-electron chi connectivity index (χ1n) is 3.54. The zero-order valence-electron chi connectivity index (χ0n) is 6.85. The van der Waals surface area contributed by atoms with Gasteiger partial charge < -0.3 is 9.84 Å². The van der Waals surface area contributed by atoms with E-state index in [1.807, 2.05) is 0 Å². The largest absolute Gasteiger partial charge is 0.397 e. The Balaban J connectivity index is 2.59. The summed E-state index contributed by atoms with van der Waals surface area (Å²) < 4.78 is 39.8. The zero-order valence-corrected chi connectivity index (χ0v) is 6.85. The summed E-state index contributed by atoms with van der Waals surface area (Å²) in [5, 5.41) is 6.04. The number of halogens is 3. The topological polar surface area (TPSA) is 51.0 Å². The van der Waals surface area contributed by atoms with Gasteiger partial charge in [0.15, 0.2) is 5.82 Å². The van der Waals surface area contributed by atoms with E-state index in [2.05, 4.69) is 20.0 Å². The minimum Gasteiger partial charge on any atom is -0.339 e. The molecule has 4 nitrogen and oxygen atoms in total. The highest BCUT2D eigenvalue weighted by molar-refractivity contribution is 4.87. The van der Waals surface area contributed by atoms with Crippen LogP contribution in [0.3, 0.4) is 0 Å². The summed E-state index contributed by atoms with van der Waals surface area (Å²) in [7, 11) is 1.64. The van der Waals surface area contributed by atoms with Gasteiger partial charge in [0.1, 0.15) is 6.42 Å². The summed E-state index contributed by atoms with van der Waals surface area (Å²) >= 11 is 0. The highest BCUT2D eigenvalue weighted by atomic mass is 19.4. The third kappa shape index (κ3) is 3.41. The van der Waals surface area contributed by atoms with Crippen molar-refractivity contribution in [2.45, 2.75) is 19.1 Å². The minimum atomic E-state index is -4.30. The molecule has 1 aromatic heterocycles. The van der Waals surface area contributed by atoms with E-state index in [1.165, 1.54) is 0 Å². The van der Waals surface area contributed by atoms with Crippen LogP contribution in [0.15, 0.2) is 4.52 Å². The average molecular weight is 195 g/mol. The number of alkyl halides is 3. The summed E-state index contributed by atoms with van der Waals surface area (Å²) in [6, 6.07) is 0. The first-order chi connectivity index (χ1) is 6.01. The van der Waals surface area contributed by atoms with Gasteiger partial charge in [0.05, 0.1) is 6.54 Å². The lowest BCUT2D eigenvalue weighted by molar-refractivity contribution is -0.131. The average Bonchev–Trinajstić information content (AvgIpc) is 2.33. The van der Waals surface area contributed by atoms with Crippen molar-refractivity contribution in [3.8, 4) is 0 Å². The van der Waals surface area contributed by atoms with Crippen LogP contribution in [0, 0.1) is 0 Å². The molecule has 1 rings (SSSR count). The smallest absolute Gasteiger partial charge is 0.339 e. The number of nitrogens with one attached hydrogen (secondary N) is 1. The Morgan fingerprint density at radius 3 is 2.69 bits per heavy atom. The fourth-order valence-corrected chi connectivity index (χ4v) is 0.763. The van der Waals surface area contributed by atoms with E-state index in [1.54, 1.807) is 7.05 Å². The second-order valence-electron chi connectivity index (χ2n) is 2.43. The molecular formula is C6H8F3N3O. The van der Waals surface area contributed by atoms with Crippen molar-refractivity contribution >= 4 is 0 Å². The Bertz CT molecular complexity index is 270. The van der Waals surface area contributed by atoms with Gasteiger partial charge in [-0.05, 0) is 7.05 Å². The first-order valence-corrected chi connectivity index (χ1v) is 3.54. The molecular weight excluding hydrogens is 187 g/mol. The molecule has 0 saturated heterocycles. The SMILES string of the molecule is CNCc1noc(CC(F)(F)F)n1. The van der Waals surface area contributed by atoms with Crippen molar-refractivity contribution in [3.63, 3.8) is 0 Å². The lowest BCUT2D eigenvalue weighted by atomic mass is 10.4. The number of rotatable bonds is 3. The molecule has 0 fully saturated rings. The number of hydrogen-bond acceptors (Lipinski definition) is 4. The summed E-state index contributed by atoms with van der Waals surface area (Å²) in [6.45, 7) is 0.293. The zero-order chi connectivity index (χ0) is 9.90. The lowest BCUT2D eigenvalue weighted by Crippen LogP contribution is -2.12. The Kier molecular flexibility index (Phi) is 2.86. The summed E-state index contributed by atoms with van der Waals surface area (Å²) in [6.07, 6.45) is -5.48. The van der Waals surface area contributed by atoms with Crippen molar-refractivity contribution < 1.29 is 17.7 Å². The third-order valence-electron chi connectivity index (χ3n) is 1.20. The molecule has 0 radical (unpaired) electrons. The molecule has 0 bridgehead atoms. The highest BCUT2D eigenvalue weighted by Gasteiger charge is 2.31. The maximum Gasteiger partial charge on any atom is 0.397 e. The van der Waals surface area contributed by atoms with Gasteiger partial charge in [-0.1, -0.05) is 5.16 Å². The Morgan fingerprint density at radius 2 is 2.15 bits per heavy atom. The van der Waals surface area contributed by atoms with Crippen molar-refractivity contribution in [3.05, 3.63) is 11.7 Å². The molecule has 1 N–H and O–H groups in total. The predicted octanol–water partition coefficient (Wildman–Crippen LogP) is 0.894. The molecule has 0 amide bonds. The van der Waals surface area contributed by atoms with Crippen LogP contribution in [0.4, 0.5) is 13.2 Å². The van der Waals surface area contributed by atoms with Crippen LogP contribution in [-0.4, -0.2) is 23.4 Å². The predicted molar refractivity (Wildman–Crippen MR) is 36.8 cm³/mol. The standard InChI is InChI=1S/C6H8F3N3O/c1-10-3-4-11-5(13-12-4)2-6(7,8)9/h10H,2-3H2,1H3. The van der Waals surface area contributed by atoms with Crippen LogP contribution in [0.1, 0.15) is 11.7 Å². The monoisotopic (exact) mass is 195 g/mol. The van der Waals surface area contributed by atoms with E-state index in [9.17, 15) is 13.2 Å². The second kappa shape index (κ2) is 3.73. The van der Waals surface area contributed by atoms with Gasteiger partial charge in [0.2, 0.25) is 5.89 Å². The molecule has 7 heteroatoms. The van der Waals surface area contributed by atoms with E-state index in [4.69, 9.17) is 0 Å². The fourth-order valence-electron chi connectivity index (χ4n) is 0.763. The molecule has 13 heavy (non-hydrogen) atoms. The van der Waals surface area contributed by atoms with Gasteiger partial charge in [-0.15, -0.1) is 0 Å². The fraction of sp³-hybridized carbons (Fsp3) is 0.667. The minimum absolute atomic E-state index is 0.224. The Hall–Kier alpha value is -1.11. The van der Waals surface area contributed by atoms with Crippen LogP contribution in [0.5, 0.6) is 0 Å². The maximum atomic E-state index is 11.8. The summed E-state index contributed by atoms with van der Waals surface area (Å²) in [4.78, 5) is 3.53. The molecule has 0 aliphatic rings. The number of nitrogens with zero attached hydrogens (tertiary/aromatic N) is 2. The molecule has 1 aromatic rings. The van der Waals surface area contributed by atoms with E-state index in [0.29, 0.717) is 6.54 Å². The number of hydrogen-bond donors (Lipinski definition) is 1. The van der Waals surface area contributed by atoms with Crippen LogP contribution >= 0.6 is 0 Å². The first kappa shape index (κ1) is 9.97. The van der Waals surface area contributed by atoms with Gasteiger partial charge >= 0.3 is 6.18 Å². The van der Waals surface area contributed by atoms with Gasteiger partial charge in [0, 0.05) is 0 Å². The Morgan fingerprint density at radius 1 is 1.46 bits per heavy atom. The van der Waals surface area contributed by atoms with Crippen LogP contribution in [0.2, 0.25) is 0 Å². The second-order valence-corrected chi connectivity index (χ2v) is 2.43. The molecule has 0 atom stereocenters. The van der Waals surface area contributed by atoms with Crippen LogP contribution in [-0.2, 0) is 13.0 Å². The molecule has 0 aliphatic heterocycles. The molecule has 74 valence electrons. The van der Waals surface area contributed by atoms with Crippen molar-refractivity contribution in [2.75, 3.05) is 7.05 Å². The molecule has 0 aromatic carbocycles. The van der Waals surface area contributed by atoms with Crippen molar-refractivity contribution in [2.24, 2.45) is 0 Å². The quantitative estimate of drug-likeness (QED) is 0.778. The molecule has 0 unspecified atom stereocenters. The van der Waals surface area contributed by atoms with Gasteiger partial charge in [-0.3, -0.25) is 0 Å². The van der Waals surface area contributed by atoms with E-state index in [-0.39, 0.29) is 5.82 Å². The normalized spacial score (nSPS) is 12.0. The molecule has 1 heterocycles. The van der Waals surface area contributed by atoms with Gasteiger partial charge in [-0.2, -0.15) is 18.2 Å². The highest BCUT2D eigenvalue weighted by Crippen LogP contribution is 2.19. The maximum absolute atomic E-state index is 11.8. The lowest BCUT2D eigenvalue weighted by Gasteiger charge is -1.99. The molecule has 0 aliphatic carbocycles. The Labute approximate surface area is 72.1 Å². The summed E-state index contributed by atoms with van der Waals surface area (Å²) in [5.74, 6) is -0.181. The molecule has 0 saturated carbocycles. The van der Waals surface area contributed by atoms with E-state index in [0.717, 1.165) is 0 Å². The van der Waals surface area contributed by atoms with Crippen LogP contribution in [0.25, 0.3) is 0 Å². The van der Waals surface area contributed by atoms with Crippen molar-refractivity contribution in [1.82, 2.24) is 15.5 Å². The van der Waals surface area contributed by atoms with Crippen molar-refractivity contribution in [1.29, 1.82) is 0 Å². The van der Waals surface area contributed by atoms with Gasteiger partial charge in [0.25, 0.3) is 0 Å². The molecule has 0 spiro atoms. The van der Waals surface area contributed by atoms with E-state index < -0.39 is 18.5 Å².